The summed E-state index contributed by atoms with van der Waals surface area (Å²) in [6.07, 6.45) is 0.515. The minimum absolute atomic E-state index is 0.251. The molecule has 0 amide bonds. The Morgan fingerprint density at radius 3 is 2.79 bits per heavy atom. The fourth-order valence-electron chi connectivity index (χ4n) is 1.77. The van der Waals surface area contributed by atoms with Crippen LogP contribution in [0.3, 0.4) is 0 Å². The number of aromatic nitrogens is 2. The van der Waals surface area contributed by atoms with Crippen molar-refractivity contribution in [1.29, 1.82) is 0 Å². The maximum absolute atomic E-state index is 6.09. The summed E-state index contributed by atoms with van der Waals surface area (Å²) < 4.78 is 5.21. The second kappa shape index (κ2) is 6.14. The minimum atomic E-state index is -0.251. The first-order valence-electron chi connectivity index (χ1n) is 6.02. The predicted molar refractivity (Wildman–Crippen MR) is 74.0 cm³/mol. The molecular weight excluding hydrogens is 264 g/mol. The monoisotopic (exact) mass is 280 g/mol. The highest BCUT2D eigenvalue weighted by molar-refractivity contribution is 6.31. The van der Waals surface area contributed by atoms with E-state index in [0.717, 1.165) is 5.56 Å². The summed E-state index contributed by atoms with van der Waals surface area (Å²) in [5, 5.41) is 4.61. The van der Waals surface area contributed by atoms with Crippen molar-refractivity contribution in [3.8, 4) is 0 Å². The topological polar surface area (TPSA) is 68.2 Å². The third kappa shape index (κ3) is 3.76. The zero-order valence-electron chi connectivity index (χ0n) is 11.0. The number of halogens is 1. The molecule has 1 aromatic heterocycles. The second-order valence-corrected chi connectivity index (χ2v) is 5.09. The van der Waals surface area contributed by atoms with Gasteiger partial charge in [0, 0.05) is 11.6 Å². The zero-order chi connectivity index (χ0) is 13.8. The largest absolute Gasteiger partial charge is 0.339 e. The van der Waals surface area contributed by atoms with Crippen LogP contribution in [0.15, 0.2) is 28.8 Å². The van der Waals surface area contributed by atoms with Crippen LogP contribution in [0.25, 0.3) is 0 Å². The van der Waals surface area contributed by atoms with Gasteiger partial charge in [-0.2, -0.15) is 4.98 Å². The molecule has 1 atom stereocenters. The molecule has 0 fully saturated rings. The molecule has 2 rings (SSSR count). The van der Waals surface area contributed by atoms with Crippen molar-refractivity contribution in [2.75, 3.05) is 20.6 Å². The van der Waals surface area contributed by atoms with Gasteiger partial charge in [-0.05, 0) is 25.7 Å². The van der Waals surface area contributed by atoms with Crippen LogP contribution in [0.4, 0.5) is 0 Å². The quantitative estimate of drug-likeness (QED) is 0.906. The minimum Gasteiger partial charge on any atom is -0.339 e. The van der Waals surface area contributed by atoms with Gasteiger partial charge in [0.1, 0.15) is 0 Å². The fraction of sp³-hybridized carbons (Fsp3) is 0.385. The maximum atomic E-state index is 6.09. The number of hydrogen-bond acceptors (Lipinski definition) is 5. The Morgan fingerprint density at radius 2 is 2.11 bits per heavy atom. The Kier molecular flexibility index (Phi) is 4.52. The third-order valence-corrected chi connectivity index (χ3v) is 3.05. The molecular formula is C13H17ClN4O. The summed E-state index contributed by atoms with van der Waals surface area (Å²) in [6.45, 7) is 0.672. The highest BCUT2D eigenvalue weighted by Crippen LogP contribution is 2.18. The highest BCUT2D eigenvalue weighted by atomic mass is 35.5. The van der Waals surface area contributed by atoms with Crippen molar-refractivity contribution < 1.29 is 4.52 Å². The van der Waals surface area contributed by atoms with Gasteiger partial charge < -0.3 is 15.2 Å². The van der Waals surface area contributed by atoms with Crippen LogP contribution in [0.5, 0.6) is 0 Å². The summed E-state index contributed by atoms with van der Waals surface area (Å²) in [7, 11) is 3.90. The highest BCUT2D eigenvalue weighted by Gasteiger charge is 2.15. The number of rotatable bonds is 5. The van der Waals surface area contributed by atoms with Gasteiger partial charge in [0.05, 0.1) is 12.5 Å². The van der Waals surface area contributed by atoms with Gasteiger partial charge in [0.25, 0.3) is 0 Å². The van der Waals surface area contributed by atoms with Crippen molar-refractivity contribution in [3.05, 3.63) is 46.6 Å². The molecule has 19 heavy (non-hydrogen) atoms. The lowest BCUT2D eigenvalue weighted by Crippen LogP contribution is -2.26. The number of hydrogen-bond donors (Lipinski definition) is 1. The van der Waals surface area contributed by atoms with Crippen molar-refractivity contribution in [3.63, 3.8) is 0 Å². The van der Waals surface area contributed by atoms with Crippen molar-refractivity contribution >= 4 is 11.6 Å². The summed E-state index contributed by atoms with van der Waals surface area (Å²) in [4.78, 5) is 6.29. The molecule has 0 radical (unpaired) electrons. The average molecular weight is 281 g/mol. The number of nitrogens with two attached hydrogens (primary N) is 1. The standard InChI is InChI=1S/C13H17ClN4O/c1-18(2)8-11(15)13-16-12(19-17-13)7-9-5-3-4-6-10(9)14/h3-6,11H,7-8,15H2,1-2H3. The van der Waals surface area contributed by atoms with Gasteiger partial charge in [-0.1, -0.05) is 35.0 Å². The van der Waals surface area contributed by atoms with E-state index in [0.29, 0.717) is 29.7 Å². The molecule has 102 valence electrons. The molecule has 0 bridgehead atoms. The van der Waals surface area contributed by atoms with Crippen LogP contribution < -0.4 is 5.73 Å². The smallest absolute Gasteiger partial charge is 0.231 e. The molecule has 0 saturated heterocycles. The molecule has 6 heteroatoms. The van der Waals surface area contributed by atoms with Crippen molar-refractivity contribution in [2.45, 2.75) is 12.5 Å². The molecule has 0 spiro atoms. The van der Waals surface area contributed by atoms with Gasteiger partial charge in [-0.25, -0.2) is 0 Å². The number of nitrogens with zero attached hydrogens (tertiary/aromatic N) is 3. The van der Waals surface area contributed by atoms with Crippen molar-refractivity contribution in [1.82, 2.24) is 15.0 Å². The molecule has 0 aliphatic heterocycles. The Labute approximate surface area is 117 Å². The first-order chi connectivity index (χ1) is 9.06. The van der Waals surface area contributed by atoms with Crippen LogP contribution in [-0.4, -0.2) is 35.7 Å². The van der Waals surface area contributed by atoms with Crippen LogP contribution in [-0.2, 0) is 6.42 Å². The Bertz CT molecular complexity index is 541. The number of benzene rings is 1. The molecule has 1 heterocycles. The van der Waals surface area contributed by atoms with Gasteiger partial charge in [-0.3, -0.25) is 0 Å². The van der Waals surface area contributed by atoms with E-state index < -0.39 is 0 Å². The molecule has 0 aliphatic carbocycles. The summed E-state index contributed by atoms with van der Waals surface area (Å²) >= 11 is 6.09. The SMILES string of the molecule is CN(C)CC(N)c1noc(Cc2ccccc2Cl)n1. The van der Waals surface area contributed by atoms with E-state index in [4.69, 9.17) is 21.9 Å². The first-order valence-corrected chi connectivity index (χ1v) is 6.40. The molecule has 0 aliphatic rings. The van der Waals surface area contributed by atoms with E-state index in [1.165, 1.54) is 0 Å². The third-order valence-electron chi connectivity index (χ3n) is 2.68. The lowest BCUT2D eigenvalue weighted by Gasteiger charge is -2.12. The molecule has 1 unspecified atom stereocenters. The van der Waals surface area contributed by atoms with E-state index in [2.05, 4.69) is 10.1 Å². The maximum Gasteiger partial charge on any atom is 0.231 e. The number of likely N-dealkylation sites (N-methyl/N-ethyl adjacent to an activating group) is 1. The lowest BCUT2D eigenvalue weighted by atomic mass is 10.1. The summed E-state index contributed by atoms with van der Waals surface area (Å²) in [6, 6.07) is 7.34. The Balaban J connectivity index is 2.07. The Hall–Kier alpha value is -1.43. The zero-order valence-corrected chi connectivity index (χ0v) is 11.8. The van der Waals surface area contributed by atoms with E-state index in [1.54, 1.807) is 0 Å². The Morgan fingerprint density at radius 1 is 1.37 bits per heavy atom. The molecule has 1 aromatic carbocycles. The molecule has 2 N–H and O–H groups in total. The van der Waals surface area contributed by atoms with Crippen molar-refractivity contribution in [2.24, 2.45) is 5.73 Å². The van der Waals surface area contributed by atoms with Gasteiger partial charge in [-0.15, -0.1) is 0 Å². The van der Waals surface area contributed by atoms with Gasteiger partial charge >= 0.3 is 0 Å². The summed E-state index contributed by atoms with van der Waals surface area (Å²) in [5.74, 6) is 1.05. The van der Waals surface area contributed by atoms with E-state index >= 15 is 0 Å². The predicted octanol–water partition coefficient (Wildman–Crippen LogP) is 1.88. The van der Waals surface area contributed by atoms with Crippen LogP contribution >= 0.6 is 11.6 Å². The van der Waals surface area contributed by atoms with E-state index in [9.17, 15) is 0 Å². The van der Waals surface area contributed by atoms with Gasteiger partial charge in [0.2, 0.25) is 5.89 Å². The molecule has 2 aromatic rings. The second-order valence-electron chi connectivity index (χ2n) is 4.68. The molecule has 0 saturated carbocycles. The van der Waals surface area contributed by atoms with Crippen LogP contribution in [0, 0.1) is 0 Å². The lowest BCUT2D eigenvalue weighted by molar-refractivity contribution is 0.348. The van der Waals surface area contributed by atoms with E-state index in [-0.39, 0.29) is 6.04 Å². The molecule has 5 nitrogen and oxygen atoms in total. The van der Waals surface area contributed by atoms with Crippen LogP contribution in [0.2, 0.25) is 5.02 Å². The fourth-order valence-corrected chi connectivity index (χ4v) is 1.97. The normalized spacial score (nSPS) is 12.9. The summed E-state index contributed by atoms with van der Waals surface area (Å²) in [5.41, 5.74) is 6.94. The first kappa shape index (κ1) is 14.0. The van der Waals surface area contributed by atoms with Crippen LogP contribution in [0.1, 0.15) is 23.3 Å². The van der Waals surface area contributed by atoms with Gasteiger partial charge in [0.15, 0.2) is 5.82 Å². The van der Waals surface area contributed by atoms with E-state index in [1.807, 2.05) is 43.3 Å². The average Bonchev–Trinajstić information content (AvgIpc) is 2.80.